The van der Waals surface area contributed by atoms with E-state index >= 15 is 0 Å². The summed E-state index contributed by atoms with van der Waals surface area (Å²) in [4.78, 5) is 11.1. The van der Waals surface area contributed by atoms with Crippen molar-refractivity contribution in [3.05, 3.63) is 24.3 Å². The minimum atomic E-state index is -0.337. The third kappa shape index (κ3) is 5.01. The first kappa shape index (κ1) is 14.2. The molecule has 2 N–H and O–H groups in total. The van der Waals surface area contributed by atoms with Crippen LogP contribution in [0.3, 0.4) is 0 Å². The zero-order valence-electron chi connectivity index (χ0n) is 10.4. The minimum Gasteiger partial charge on any atom is -0.497 e. The van der Waals surface area contributed by atoms with Gasteiger partial charge in [0.05, 0.1) is 13.7 Å². The molecule has 0 aliphatic rings. The van der Waals surface area contributed by atoms with Crippen LogP contribution in [0.2, 0.25) is 0 Å². The van der Waals surface area contributed by atoms with Crippen LogP contribution in [0.1, 0.15) is 6.92 Å². The SMILES string of the molecule is CCOC(=O)CNC(=S)Nc1ccc(OC)cc1. The number of nitrogens with one attached hydrogen (secondary N) is 2. The number of carbonyl (C=O) groups excluding carboxylic acids is 1. The molecule has 0 aliphatic carbocycles. The molecule has 0 aromatic heterocycles. The molecule has 1 aromatic rings. The molecule has 98 valence electrons. The Labute approximate surface area is 111 Å². The Morgan fingerprint density at radius 1 is 1.33 bits per heavy atom. The van der Waals surface area contributed by atoms with Gasteiger partial charge in [-0.1, -0.05) is 0 Å². The predicted octanol–water partition coefficient (Wildman–Crippen LogP) is 1.54. The number of esters is 1. The molecule has 1 rings (SSSR count). The third-order valence-electron chi connectivity index (χ3n) is 2.05. The van der Waals surface area contributed by atoms with E-state index in [2.05, 4.69) is 10.6 Å². The summed E-state index contributed by atoms with van der Waals surface area (Å²) in [6.45, 7) is 2.17. The molecule has 0 atom stereocenters. The van der Waals surface area contributed by atoms with Crippen molar-refractivity contribution in [2.45, 2.75) is 6.92 Å². The Hall–Kier alpha value is -1.82. The van der Waals surface area contributed by atoms with Crippen LogP contribution in [0.25, 0.3) is 0 Å². The van der Waals surface area contributed by atoms with E-state index in [0.717, 1.165) is 11.4 Å². The van der Waals surface area contributed by atoms with Crippen LogP contribution >= 0.6 is 12.2 Å². The molecule has 0 spiro atoms. The topological polar surface area (TPSA) is 59.6 Å². The van der Waals surface area contributed by atoms with Gasteiger partial charge in [0.15, 0.2) is 5.11 Å². The Bertz CT molecular complexity index is 406. The summed E-state index contributed by atoms with van der Waals surface area (Å²) in [5.41, 5.74) is 0.817. The largest absolute Gasteiger partial charge is 0.497 e. The molecule has 0 amide bonds. The maximum absolute atomic E-state index is 11.1. The monoisotopic (exact) mass is 268 g/mol. The molecule has 0 radical (unpaired) electrons. The summed E-state index contributed by atoms with van der Waals surface area (Å²) < 4.78 is 9.81. The number of carbonyl (C=O) groups is 1. The van der Waals surface area contributed by atoms with Gasteiger partial charge in [0, 0.05) is 5.69 Å². The number of benzene rings is 1. The highest BCUT2D eigenvalue weighted by Gasteiger charge is 2.03. The Kier molecular flexibility index (Phi) is 5.93. The van der Waals surface area contributed by atoms with E-state index in [1.54, 1.807) is 14.0 Å². The van der Waals surface area contributed by atoms with Crippen LogP contribution in [0, 0.1) is 0 Å². The molecule has 18 heavy (non-hydrogen) atoms. The van der Waals surface area contributed by atoms with Gasteiger partial charge in [-0.25, -0.2) is 0 Å². The first-order chi connectivity index (χ1) is 8.65. The summed E-state index contributed by atoms with van der Waals surface area (Å²) >= 11 is 5.04. The number of methoxy groups -OCH3 is 1. The highest BCUT2D eigenvalue weighted by atomic mass is 32.1. The van der Waals surface area contributed by atoms with Crippen molar-refractivity contribution in [1.29, 1.82) is 0 Å². The van der Waals surface area contributed by atoms with Gasteiger partial charge in [0.1, 0.15) is 12.3 Å². The maximum Gasteiger partial charge on any atom is 0.325 e. The predicted molar refractivity (Wildman–Crippen MR) is 73.9 cm³/mol. The van der Waals surface area contributed by atoms with E-state index < -0.39 is 0 Å². The molecule has 0 bridgehead atoms. The van der Waals surface area contributed by atoms with Crippen molar-refractivity contribution in [3.63, 3.8) is 0 Å². The summed E-state index contributed by atoms with van der Waals surface area (Å²) in [7, 11) is 1.61. The van der Waals surface area contributed by atoms with Crippen molar-refractivity contribution in [2.75, 3.05) is 25.6 Å². The Morgan fingerprint density at radius 2 is 2.00 bits per heavy atom. The van der Waals surface area contributed by atoms with Crippen molar-refractivity contribution in [2.24, 2.45) is 0 Å². The van der Waals surface area contributed by atoms with Gasteiger partial charge in [-0.2, -0.15) is 0 Å². The number of anilines is 1. The summed E-state index contributed by atoms with van der Waals surface area (Å²) in [5, 5.41) is 6.08. The van der Waals surface area contributed by atoms with Crippen molar-refractivity contribution < 1.29 is 14.3 Å². The lowest BCUT2D eigenvalue weighted by atomic mass is 10.3. The van der Waals surface area contributed by atoms with Crippen LogP contribution in [0.4, 0.5) is 5.69 Å². The number of thiocarbonyl (C=S) groups is 1. The quantitative estimate of drug-likeness (QED) is 0.624. The molecule has 0 saturated carbocycles. The molecule has 0 aliphatic heterocycles. The van der Waals surface area contributed by atoms with Crippen LogP contribution in [0.15, 0.2) is 24.3 Å². The molecular weight excluding hydrogens is 252 g/mol. The zero-order valence-corrected chi connectivity index (χ0v) is 11.2. The first-order valence-electron chi connectivity index (χ1n) is 5.50. The van der Waals surface area contributed by atoms with Gasteiger partial charge < -0.3 is 20.1 Å². The third-order valence-corrected chi connectivity index (χ3v) is 2.29. The molecule has 0 saturated heterocycles. The van der Waals surface area contributed by atoms with Crippen LogP contribution in [-0.2, 0) is 9.53 Å². The van der Waals surface area contributed by atoms with E-state index in [1.807, 2.05) is 24.3 Å². The Morgan fingerprint density at radius 3 is 2.56 bits per heavy atom. The van der Waals surface area contributed by atoms with Gasteiger partial charge in [-0.05, 0) is 43.4 Å². The molecule has 6 heteroatoms. The molecule has 0 heterocycles. The lowest BCUT2D eigenvalue weighted by Gasteiger charge is -2.10. The fourth-order valence-corrected chi connectivity index (χ4v) is 1.40. The van der Waals surface area contributed by atoms with E-state index in [1.165, 1.54) is 0 Å². The summed E-state index contributed by atoms with van der Waals surface area (Å²) in [6, 6.07) is 7.29. The van der Waals surface area contributed by atoms with Crippen molar-refractivity contribution in [3.8, 4) is 5.75 Å². The molecular formula is C12H16N2O3S. The molecule has 5 nitrogen and oxygen atoms in total. The highest BCUT2D eigenvalue weighted by Crippen LogP contribution is 2.14. The van der Waals surface area contributed by atoms with Gasteiger partial charge >= 0.3 is 5.97 Å². The lowest BCUT2D eigenvalue weighted by Crippen LogP contribution is -2.33. The second-order valence-corrected chi connectivity index (χ2v) is 3.75. The van der Waals surface area contributed by atoms with E-state index in [4.69, 9.17) is 21.7 Å². The highest BCUT2D eigenvalue weighted by molar-refractivity contribution is 7.80. The fraction of sp³-hybridized carbons (Fsp3) is 0.333. The number of hydrogen-bond acceptors (Lipinski definition) is 4. The fourth-order valence-electron chi connectivity index (χ4n) is 1.21. The van der Waals surface area contributed by atoms with Crippen LogP contribution in [-0.4, -0.2) is 31.3 Å². The lowest BCUT2D eigenvalue weighted by molar-refractivity contribution is -0.141. The number of rotatable bonds is 5. The smallest absolute Gasteiger partial charge is 0.325 e. The normalized spacial score (nSPS) is 9.44. The van der Waals surface area contributed by atoms with Gasteiger partial charge in [0.25, 0.3) is 0 Å². The maximum atomic E-state index is 11.1. The van der Waals surface area contributed by atoms with Gasteiger partial charge in [0.2, 0.25) is 0 Å². The van der Waals surface area contributed by atoms with Crippen molar-refractivity contribution >= 4 is 29.0 Å². The molecule has 1 aromatic carbocycles. The van der Waals surface area contributed by atoms with Gasteiger partial charge in [-0.15, -0.1) is 0 Å². The average Bonchev–Trinajstić information content (AvgIpc) is 2.38. The number of ether oxygens (including phenoxy) is 2. The van der Waals surface area contributed by atoms with Crippen LogP contribution in [0.5, 0.6) is 5.75 Å². The number of hydrogen-bond donors (Lipinski definition) is 2. The average molecular weight is 268 g/mol. The molecule has 0 unspecified atom stereocenters. The minimum absolute atomic E-state index is 0.0514. The first-order valence-corrected chi connectivity index (χ1v) is 5.91. The van der Waals surface area contributed by atoms with Crippen LogP contribution < -0.4 is 15.4 Å². The van der Waals surface area contributed by atoms with E-state index in [9.17, 15) is 4.79 Å². The standard InChI is InChI=1S/C12H16N2O3S/c1-3-17-11(15)8-13-12(18)14-9-4-6-10(16-2)7-5-9/h4-7H,3,8H2,1-2H3,(H2,13,14,18). The van der Waals surface area contributed by atoms with Crippen molar-refractivity contribution in [1.82, 2.24) is 5.32 Å². The summed E-state index contributed by atoms with van der Waals surface area (Å²) in [5.74, 6) is 0.433. The van der Waals surface area contributed by atoms with E-state index in [0.29, 0.717) is 11.7 Å². The zero-order chi connectivity index (χ0) is 13.4. The second-order valence-electron chi connectivity index (χ2n) is 3.34. The van der Waals surface area contributed by atoms with E-state index in [-0.39, 0.29) is 12.5 Å². The van der Waals surface area contributed by atoms with Gasteiger partial charge in [-0.3, -0.25) is 4.79 Å². The Balaban J connectivity index is 2.37. The second kappa shape index (κ2) is 7.50. The molecule has 0 fully saturated rings. The summed E-state index contributed by atoms with van der Waals surface area (Å²) in [6.07, 6.45) is 0.